The first kappa shape index (κ1) is 25.9. The first-order valence-corrected chi connectivity index (χ1v) is 12.5. The molecular formula is C24H28F3NO5S. The number of alkyl halides is 3. The fourth-order valence-electron chi connectivity index (χ4n) is 3.61. The number of ether oxygens (including phenoxy) is 2. The van der Waals surface area contributed by atoms with E-state index in [1.165, 1.54) is 36.3 Å². The number of methoxy groups -OCH3 is 1. The smallest absolute Gasteiger partial charge is 0.416 e. The molecule has 186 valence electrons. The highest BCUT2D eigenvalue weighted by atomic mass is 32.2. The Kier molecular flexibility index (Phi) is 6.94. The standard InChI is InChI=1S/C24H28F3NO5S/c1-23(2,3)14-33-18-10-11-19(34(5,30)31)21(32-4)20(18)22(29)28-12-16(13-28)15-6-8-17(9-7-15)24(25,26)27/h6-11,16H,12-14H2,1-5H3. The molecule has 0 spiro atoms. The highest BCUT2D eigenvalue weighted by Crippen LogP contribution is 2.39. The molecule has 34 heavy (non-hydrogen) atoms. The Morgan fingerprint density at radius 3 is 2.12 bits per heavy atom. The summed E-state index contributed by atoms with van der Waals surface area (Å²) < 4.78 is 74.2. The SMILES string of the molecule is COc1c(S(C)(=O)=O)ccc(OCC(C)(C)C)c1C(=O)N1CC(c2ccc(C(F)(F)F)cc2)C1. The number of sulfone groups is 1. The average molecular weight is 500 g/mol. The van der Waals surface area contributed by atoms with Crippen LogP contribution in [-0.2, 0) is 16.0 Å². The Morgan fingerprint density at radius 2 is 1.65 bits per heavy atom. The first-order valence-electron chi connectivity index (χ1n) is 10.6. The molecule has 0 aliphatic carbocycles. The Balaban J connectivity index is 1.88. The van der Waals surface area contributed by atoms with Gasteiger partial charge in [-0.3, -0.25) is 4.79 Å². The van der Waals surface area contributed by atoms with Crippen LogP contribution in [0.5, 0.6) is 11.5 Å². The summed E-state index contributed by atoms with van der Waals surface area (Å²) in [5, 5.41) is 0. The zero-order chi connectivity index (χ0) is 25.5. The summed E-state index contributed by atoms with van der Waals surface area (Å²) in [5.74, 6) is -0.470. The molecule has 1 aliphatic rings. The number of amides is 1. The van der Waals surface area contributed by atoms with Crippen molar-refractivity contribution in [1.82, 2.24) is 4.90 Å². The maximum absolute atomic E-state index is 13.4. The van der Waals surface area contributed by atoms with Gasteiger partial charge in [0.1, 0.15) is 16.2 Å². The van der Waals surface area contributed by atoms with Crippen LogP contribution < -0.4 is 9.47 Å². The maximum Gasteiger partial charge on any atom is 0.416 e. The zero-order valence-corrected chi connectivity index (χ0v) is 20.5. The molecule has 6 nitrogen and oxygen atoms in total. The van der Waals surface area contributed by atoms with Gasteiger partial charge in [0.25, 0.3) is 5.91 Å². The minimum atomic E-state index is -4.41. The van der Waals surface area contributed by atoms with Gasteiger partial charge in [-0.2, -0.15) is 13.2 Å². The van der Waals surface area contributed by atoms with Gasteiger partial charge in [0.15, 0.2) is 15.6 Å². The van der Waals surface area contributed by atoms with Crippen LogP contribution in [0.3, 0.4) is 0 Å². The van der Waals surface area contributed by atoms with Crippen LogP contribution in [0.4, 0.5) is 13.2 Å². The van der Waals surface area contributed by atoms with Gasteiger partial charge >= 0.3 is 6.18 Å². The third kappa shape index (κ3) is 5.65. The first-order chi connectivity index (χ1) is 15.6. The van der Waals surface area contributed by atoms with Crippen molar-refractivity contribution in [3.8, 4) is 11.5 Å². The third-order valence-corrected chi connectivity index (χ3v) is 6.56. The minimum absolute atomic E-state index is 0.0144. The maximum atomic E-state index is 13.4. The van der Waals surface area contributed by atoms with Gasteiger partial charge < -0.3 is 14.4 Å². The highest BCUT2D eigenvalue weighted by Gasteiger charge is 2.37. The second kappa shape index (κ2) is 9.13. The molecule has 1 saturated heterocycles. The average Bonchev–Trinajstić information content (AvgIpc) is 2.68. The van der Waals surface area contributed by atoms with Crippen LogP contribution in [0.15, 0.2) is 41.3 Å². The normalized spacial score (nSPS) is 15.1. The molecule has 1 fully saturated rings. The lowest BCUT2D eigenvalue weighted by Gasteiger charge is -2.40. The van der Waals surface area contributed by atoms with Crippen LogP contribution in [0.2, 0.25) is 0 Å². The third-order valence-electron chi connectivity index (χ3n) is 5.44. The molecule has 10 heteroatoms. The van der Waals surface area contributed by atoms with Crippen LogP contribution in [0, 0.1) is 5.41 Å². The zero-order valence-electron chi connectivity index (χ0n) is 19.7. The Hall–Kier alpha value is -2.75. The van der Waals surface area contributed by atoms with Gasteiger partial charge in [0.05, 0.1) is 19.3 Å². The molecule has 0 atom stereocenters. The molecule has 0 aromatic heterocycles. The second-order valence-electron chi connectivity index (χ2n) is 9.62. The molecule has 2 aromatic rings. The summed E-state index contributed by atoms with van der Waals surface area (Å²) in [6.07, 6.45) is -3.39. The molecule has 0 saturated carbocycles. The van der Waals surface area contributed by atoms with E-state index in [0.717, 1.165) is 18.4 Å². The number of benzene rings is 2. The van der Waals surface area contributed by atoms with Gasteiger partial charge in [-0.1, -0.05) is 32.9 Å². The molecule has 0 N–H and O–H groups in total. The summed E-state index contributed by atoms with van der Waals surface area (Å²) >= 11 is 0. The molecule has 0 unspecified atom stereocenters. The van der Waals surface area contributed by atoms with Crippen molar-refractivity contribution in [2.75, 3.05) is 33.1 Å². The van der Waals surface area contributed by atoms with Crippen molar-refractivity contribution in [2.45, 2.75) is 37.8 Å². The molecule has 1 aliphatic heterocycles. The van der Waals surface area contributed by atoms with Crippen molar-refractivity contribution in [3.05, 3.63) is 53.1 Å². The van der Waals surface area contributed by atoms with E-state index in [9.17, 15) is 26.4 Å². The molecule has 3 rings (SSSR count). The number of rotatable bonds is 6. The summed E-state index contributed by atoms with van der Waals surface area (Å²) in [4.78, 5) is 14.8. The lowest BCUT2D eigenvalue weighted by molar-refractivity contribution is -0.137. The predicted octanol–water partition coefficient (Wildman–Crippen LogP) is 4.78. The second-order valence-corrected chi connectivity index (χ2v) is 11.6. The quantitative estimate of drug-likeness (QED) is 0.572. The Bertz CT molecular complexity index is 1160. The number of halogens is 3. The highest BCUT2D eigenvalue weighted by molar-refractivity contribution is 7.90. The number of nitrogens with zero attached hydrogens (tertiary/aromatic N) is 1. The number of likely N-dealkylation sites (tertiary alicyclic amines) is 1. The molecule has 0 bridgehead atoms. The topological polar surface area (TPSA) is 72.9 Å². The lowest BCUT2D eigenvalue weighted by atomic mass is 9.90. The van der Waals surface area contributed by atoms with E-state index < -0.39 is 27.5 Å². The van der Waals surface area contributed by atoms with E-state index in [2.05, 4.69) is 0 Å². The van der Waals surface area contributed by atoms with Gasteiger partial charge in [-0.25, -0.2) is 8.42 Å². The van der Waals surface area contributed by atoms with Crippen molar-refractivity contribution < 1.29 is 35.9 Å². The molecule has 0 radical (unpaired) electrons. The van der Waals surface area contributed by atoms with Crippen molar-refractivity contribution in [1.29, 1.82) is 0 Å². The molecule has 1 heterocycles. The van der Waals surface area contributed by atoms with Crippen molar-refractivity contribution in [2.24, 2.45) is 5.41 Å². The Morgan fingerprint density at radius 1 is 1.06 bits per heavy atom. The summed E-state index contributed by atoms with van der Waals surface area (Å²) in [6, 6.07) is 7.68. The van der Waals surface area contributed by atoms with Crippen molar-refractivity contribution >= 4 is 15.7 Å². The van der Waals surface area contributed by atoms with Gasteiger partial charge in [-0.15, -0.1) is 0 Å². The number of hydrogen-bond acceptors (Lipinski definition) is 5. The van der Waals surface area contributed by atoms with Gasteiger partial charge in [0, 0.05) is 25.3 Å². The van der Waals surface area contributed by atoms with E-state index in [-0.39, 0.29) is 53.0 Å². The van der Waals surface area contributed by atoms with Crippen LogP contribution in [0.1, 0.15) is 48.2 Å². The van der Waals surface area contributed by atoms with E-state index in [1.807, 2.05) is 20.8 Å². The van der Waals surface area contributed by atoms with Crippen molar-refractivity contribution in [3.63, 3.8) is 0 Å². The summed E-state index contributed by atoms with van der Waals surface area (Å²) in [6.45, 7) is 6.70. The number of hydrogen-bond donors (Lipinski definition) is 0. The van der Waals surface area contributed by atoms with E-state index >= 15 is 0 Å². The number of carbonyl (C=O) groups is 1. The van der Waals surface area contributed by atoms with Crippen LogP contribution in [-0.4, -0.2) is 52.3 Å². The monoisotopic (exact) mass is 499 g/mol. The van der Waals surface area contributed by atoms with E-state index in [0.29, 0.717) is 5.56 Å². The fraction of sp³-hybridized carbons (Fsp3) is 0.458. The largest absolute Gasteiger partial charge is 0.494 e. The summed E-state index contributed by atoms with van der Waals surface area (Å²) in [5.41, 5.74) is -0.238. The molecule has 1 amide bonds. The van der Waals surface area contributed by atoms with E-state index in [1.54, 1.807) is 0 Å². The predicted molar refractivity (Wildman–Crippen MR) is 121 cm³/mol. The minimum Gasteiger partial charge on any atom is -0.494 e. The molecule has 2 aromatic carbocycles. The van der Waals surface area contributed by atoms with Gasteiger partial charge in [-0.05, 0) is 35.2 Å². The Labute approximate surface area is 197 Å². The fourth-order valence-corrected chi connectivity index (χ4v) is 4.45. The number of carbonyl (C=O) groups excluding carboxylic acids is 1. The van der Waals surface area contributed by atoms with E-state index in [4.69, 9.17) is 9.47 Å². The van der Waals surface area contributed by atoms with Crippen LogP contribution in [0.25, 0.3) is 0 Å². The summed E-state index contributed by atoms with van der Waals surface area (Å²) in [7, 11) is -2.40. The van der Waals surface area contributed by atoms with Crippen LogP contribution >= 0.6 is 0 Å². The molecular weight excluding hydrogens is 471 g/mol. The lowest BCUT2D eigenvalue weighted by Crippen LogP contribution is -2.48. The van der Waals surface area contributed by atoms with Gasteiger partial charge in [0.2, 0.25) is 0 Å².